The molecule has 5 nitrogen and oxygen atoms in total. The number of rotatable bonds is 3. The highest BCUT2D eigenvalue weighted by Gasteiger charge is 2.24. The lowest BCUT2D eigenvalue weighted by Gasteiger charge is -2.17. The second-order valence-corrected chi connectivity index (χ2v) is 5.64. The van der Waals surface area contributed by atoms with Crippen LogP contribution < -0.4 is 10.2 Å². The summed E-state index contributed by atoms with van der Waals surface area (Å²) in [5, 5.41) is 7.71. The lowest BCUT2D eigenvalue weighted by molar-refractivity contribution is 0.767. The van der Waals surface area contributed by atoms with E-state index in [1.165, 1.54) is 5.69 Å². The van der Waals surface area contributed by atoms with Crippen molar-refractivity contribution in [1.29, 1.82) is 0 Å². The fourth-order valence-electron chi connectivity index (χ4n) is 2.37. The van der Waals surface area contributed by atoms with Crippen molar-refractivity contribution in [3.63, 3.8) is 0 Å². The van der Waals surface area contributed by atoms with Gasteiger partial charge in [-0.1, -0.05) is 0 Å². The first kappa shape index (κ1) is 12.5. The maximum absolute atomic E-state index is 4.35. The summed E-state index contributed by atoms with van der Waals surface area (Å²) in [6, 6.07) is 4.35. The second kappa shape index (κ2) is 5.21. The molecule has 2 aromatic rings. The van der Waals surface area contributed by atoms with Gasteiger partial charge in [0, 0.05) is 38.6 Å². The maximum atomic E-state index is 4.35. The molecule has 6 heteroatoms. The molecule has 1 aliphatic rings. The molecule has 0 aliphatic carbocycles. The largest absolute Gasteiger partial charge is 0.367 e. The van der Waals surface area contributed by atoms with E-state index in [2.05, 4.69) is 42.4 Å². The van der Waals surface area contributed by atoms with E-state index in [1.54, 1.807) is 6.20 Å². The average molecular weight is 322 g/mol. The first-order chi connectivity index (χ1) is 9.22. The SMILES string of the molecule is Cn1cc(N2CCC(Nc3ncccc3Br)C2)cn1. The van der Waals surface area contributed by atoms with E-state index in [9.17, 15) is 0 Å². The quantitative estimate of drug-likeness (QED) is 0.942. The van der Waals surface area contributed by atoms with Gasteiger partial charge in [-0.3, -0.25) is 4.68 Å². The summed E-state index contributed by atoms with van der Waals surface area (Å²) in [6.07, 6.45) is 6.89. The number of nitrogens with one attached hydrogen (secondary N) is 1. The highest BCUT2D eigenvalue weighted by atomic mass is 79.9. The number of hydrogen-bond acceptors (Lipinski definition) is 4. The van der Waals surface area contributed by atoms with E-state index in [-0.39, 0.29) is 0 Å². The summed E-state index contributed by atoms with van der Waals surface area (Å²) in [7, 11) is 1.94. The Labute approximate surface area is 120 Å². The zero-order chi connectivity index (χ0) is 13.2. The van der Waals surface area contributed by atoms with E-state index < -0.39 is 0 Å². The Morgan fingerprint density at radius 3 is 3.11 bits per heavy atom. The minimum atomic E-state index is 0.423. The summed E-state index contributed by atoms with van der Waals surface area (Å²) in [5.74, 6) is 0.917. The number of halogens is 1. The molecule has 0 saturated carbocycles. The van der Waals surface area contributed by atoms with Crippen LogP contribution in [-0.2, 0) is 7.05 Å². The van der Waals surface area contributed by atoms with Gasteiger partial charge in [0.25, 0.3) is 0 Å². The molecule has 1 saturated heterocycles. The van der Waals surface area contributed by atoms with Gasteiger partial charge < -0.3 is 10.2 Å². The molecule has 1 unspecified atom stereocenters. The standard InChI is InChI=1S/C13H16BrN5/c1-18-9-11(7-16-18)19-6-4-10(8-19)17-13-12(14)3-2-5-15-13/h2-3,5,7,9-10H,4,6,8H2,1H3,(H,15,17). The van der Waals surface area contributed by atoms with Crippen LogP contribution in [0, 0.1) is 0 Å². The third-order valence-corrected chi connectivity index (χ3v) is 3.98. The highest BCUT2D eigenvalue weighted by Crippen LogP contribution is 2.24. The number of aryl methyl sites for hydroxylation is 1. The number of aromatic nitrogens is 3. The normalized spacial score (nSPS) is 18.8. The van der Waals surface area contributed by atoms with Gasteiger partial charge in [-0.25, -0.2) is 4.98 Å². The van der Waals surface area contributed by atoms with Gasteiger partial charge in [0.05, 0.1) is 16.4 Å². The molecule has 1 N–H and O–H groups in total. The zero-order valence-electron chi connectivity index (χ0n) is 10.8. The van der Waals surface area contributed by atoms with Gasteiger partial charge in [-0.2, -0.15) is 5.10 Å². The van der Waals surface area contributed by atoms with Gasteiger partial charge in [-0.15, -0.1) is 0 Å². The van der Waals surface area contributed by atoms with Crippen molar-refractivity contribution in [2.24, 2.45) is 7.05 Å². The molecule has 2 aromatic heterocycles. The van der Waals surface area contributed by atoms with Crippen molar-refractivity contribution >= 4 is 27.4 Å². The van der Waals surface area contributed by atoms with E-state index in [0.717, 1.165) is 29.8 Å². The van der Waals surface area contributed by atoms with Crippen LogP contribution >= 0.6 is 15.9 Å². The molecule has 0 spiro atoms. The first-order valence-corrected chi connectivity index (χ1v) is 7.12. The first-order valence-electron chi connectivity index (χ1n) is 6.33. The third-order valence-electron chi connectivity index (χ3n) is 3.34. The molecule has 3 rings (SSSR count). The van der Waals surface area contributed by atoms with Crippen molar-refractivity contribution in [3.8, 4) is 0 Å². The van der Waals surface area contributed by atoms with Crippen LogP contribution in [0.5, 0.6) is 0 Å². The minimum absolute atomic E-state index is 0.423. The highest BCUT2D eigenvalue weighted by molar-refractivity contribution is 9.10. The summed E-state index contributed by atoms with van der Waals surface area (Å²) in [6.45, 7) is 2.03. The number of pyridine rings is 1. The molecule has 1 fully saturated rings. The smallest absolute Gasteiger partial charge is 0.140 e. The van der Waals surface area contributed by atoms with Crippen LogP contribution in [0.25, 0.3) is 0 Å². The average Bonchev–Trinajstić information content (AvgIpc) is 3.01. The lowest BCUT2D eigenvalue weighted by Crippen LogP contribution is -2.26. The molecule has 1 aliphatic heterocycles. The van der Waals surface area contributed by atoms with Crippen molar-refractivity contribution < 1.29 is 0 Å². The van der Waals surface area contributed by atoms with Gasteiger partial charge >= 0.3 is 0 Å². The Bertz CT molecular complexity index is 568. The van der Waals surface area contributed by atoms with Gasteiger partial charge in [0.2, 0.25) is 0 Å². The van der Waals surface area contributed by atoms with Crippen LogP contribution in [0.2, 0.25) is 0 Å². The summed E-state index contributed by atoms with van der Waals surface area (Å²) in [5.41, 5.74) is 1.19. The Balaban J connectivity index is 1.65. The van der Waals surface area contributed by atoms with Crippen molar-refractivity contribution in [2.45, 2.75) is 12.5 Å². The fourth-order valence-corrected chi connectivity index (χ4v) is 2.74. The van der Waals surface area contributed by atoms with Crippen molar-refractivity contribution in [3.05, 3.63) is 35.2 Å². The zero-order valence-corrected chi connectivity index (χ0v) is 12.3. The van der Waals surface area contributed by atoms with Crippen molar-refractivity contribution in [2.75, 3.05) is 23.3 Å². The van der Waals surface area contributed by atoms with Crippen LogP contribution in [0.1, 0.15) is 6.42 Å². The monoisotopic (exact) mass is 321 g/mol. The number of nitrogens with zero attached hydrogens (tertiary/aromatic N) is 4. The molecule has 19 heavy (non-hydrogen) atoms. The molecule has 0 amide bonds. The van der Waals surface area contributed by atoms with E-state index in [4.69, 9.17) is 0 Å². The number of anilines is 2. The Morgan fingerprint density at radius 1 is 1.47 bits per heavy atom. The van der Waals surface area contributed by atoms with E-state index >= 15 is 0 Å². The minimum Gasteiger partial charge on any atom is -0.367 e. The molecule has 0 radical (unpaired) electrons. The van der Waals surface area contributed by atoms with Gasteiger partial charge in [-0.05, 0) is 34.5 Å². The third kappa shape index (κ3) is 2.73. The Hall–Kier alpha value is -1.56. The molecule has 0 aromatic carbocycles. The van der Waals surface area contributed by atoms with Gasteiger partial charge in [0.15, 0.2) is 0 Å². The van der Waals surface area contributed by atoms with Gasteiger partial charge in [0.1, 0.15) is 5.82 Å². The van der Waals surface area contributed by atoms with Crippen LogP contribution in [-0.4, -0.2) is 33.9 Å². The summed E-state index contributed by atoms with van der Waals surface area (Å²) >= 11 is 3.51. The van der Waals surface area contributed by atoms with Crippen LogP contribution in [0.15, 0.2) is 35.2 Å². The second-order valence-electron chi connectivity index (χ2n) is 4.78. The predicted molar refractivity (Wildman–Crippen MR) is 79.4 cm³/mol. The van der Waals surface area contributed by atoms with Crippen LogP contribution in [0.4, 0.5) is 11.5 Å². The fraction of sp³-hybridized carbons (Fsp3) is 0.385. The number of hydrogen-bond donors (Lipinski definition) is 1. The molecule has 100 valence electrons. The summed E-state index contributed by atoms with van der Waals surface area (Å²) < 4.78 is 2.85. The summed E-state index contributed by atoms with van der Waals surface area (Å²) in [4.78, 5) is 6.70. The maximum Gasteiger partial charge on any atom is 0.140 e. The molecule has 0 bridgehead atoms. The Kier molecular flexibility index (Phi) is 3.42. The Morgan fingerprint density at radius 2 is 2.37 bits per heavy atom. The van der Waals surface area contributed by atoms with Crippen molar-refractivity contribution in [1.82, 2.24) is 14.8 Å². The molecular formula is C13H16BrN5. The molecular weight excluding hydrogens is 306 g/mol. The van der Waals surface area contributed by atoms with E-state index in [1.807, 2.05) is 30.1 Å². The topological polar surface area (TPSA) is 46.0 Å². The van der Waals surface area contributed by atoms with Crippen LogP contribution in [0.3, 0.4) is 0 Å². The molecule has 1 atom stereocenters. The van der Waals surface area contributed by atoms with E-state index in [0.29, 0.717) is 6.04 Å². The lowest BCUT2D eigenvalue weighted by atomic mass is 10.2. The molecule has 3 heterocycles. The predicted octanol–water partition coefficient (Wildman–Crippen LogP) is 2.27.